The average molecular weight is 273 g/mol. The van der Waals surface area contributed by atoms with Crippen LogP contribution in [0.15, 0.2) is 48.5 Å². The first-order valence-electron chi connectivity index (χ1n) is 6.91. The summed E-state index contributed by atoms with van der Waals surface area (Å²) < 4.78 is 19.8. The number of rotatable bonds is 6. The molecule has 1 unspecified atom stereocenters. The van der Waals surface area contributed by atoms with Gasteiger partial charge in [-0.3, -0.25) is 0 Å². The van der Waals surface area contributed by atoms with Gasteiger partial charge in [0.05, 0.1) is 12.6 Å². The summed E-state index contributed by atoms with van der Waals surface area (Å²) in [5.41, 5.74) is 1.58. The molecule has 0 saturated heterocycles. The molecule has 0 aliphatic rings. The molecule has 0 saturated carbocycles. The summed E-state index contributed by atoms with van der Waals surface area (Å²) in [5, 5.41) is 3.17. The molecule has 0 fully saturated rings. The molecule has 0 bridgehead atoms. The molecule has 106 valence electrons. The standard InChI is InChI=1S/C17H20FNO/c1-3-12-20-16-11-7-5-9-14(16)17(19-2)13-8-4-6-10-15(13)18/h4-11,17,19H,3,12H2,1-2H3. The fourth-order valence-electron chi connectivity index (χ4n) is 2.25. The average Bonchev–Trinajstić information content (AvgIpc) is 2.49. The van der Waals surface area contributed by atoms with Crippen LogP contribution in [0.2, 0.25) is 0 Å². The molecule has 0 aliphatic carbocycles. The van der Waals surface area contributed by atoms with Crippen LogP contribution in [0.25, 0.3) is 0 Å². The van der Waals surface area contributed by atoms with E-state index in [1.54, 1.807) is 12.1 Å². The van der Waals surface area contributed by atoms with E-state index in [4.69, 9.17) is 4.74 Å². The summed E-state index contributed by atoms with van der Waals surface area (Å²) in [5.74, 6) is 0.592. The molecule has 0 aliphatic heterocycles. The normalized spacial score (nSPS) is 12.2. The topological polar surface area (TPSA) is 21.3 Å². The third-order valence-electron chi connectivity index (χ3n) is 3.20. The maximum Gasteiger partial charge on any atom is 0.128 e. The first-order valence-corrected chi connectivity index (χ1v) is 6.91. The maximum atomic E-state index is 14.0. The molecule has 1 atom stereocenters. The van der Waals surface area contributed by atoms with Crippen molar-refractivity contribution in [3.8, 4) is 5.75 Å². The minimum Gasteiger partial charge on any atom is -0.493 e. The van der Waals surface area contributed by atoms with Crippen molar-refractivity contribution in [2.75, 3.05) is 13.7 Å². The molecule has 3 heteroatoms. The predicted molar refractivity (Wildman–Crippen MR) is 79.5 cm³/mol. The summed E-state index contributed by atoms with van der Waals surface area (Å²) in [6, 6.07) is 14.4. The summed E-state index contributed by atoms with van der Waals surface area (Å²) in [6.07, 6.45) is 0.943. The van der Waals surface area contributed by atoms with E-state index in [1.165, 1.54) is 6.07 Å². The molecule has 2 nitrogen and oxygen atoms in total. The van der Waals surface area contributed by atoms with Crippen LogP contribution in [0.3, 0.4) is 0 Å². The zero-order valence-electron chi connectivity index (χ0n) is 11.9. The summed E-state index contributed by atoms with van der Waals surface area (Å²) in [7, 11) is 1.83. The summed E-state index contributed by atoms with van der Waals surface area (Å²) in [4.78, 5) is 0. The van der Waals surface area contributed by atoms with E-state index < -0.39 is 0 Å². The molecule has 2 aromatic rings. The largest absolute Gasteiger partial charge is 0.493 e. The van der Waals surface area contributed by atoms with Crippen LogP contribution in [-0.2, 0) is 0 Å². The van der Waals surface area contributed by atoms with Gasteiger partial charge < -0.3 is 10.1 Å². The van der Waals surface area contributed by atoms with Crippen molar-refractivity contribution in [2.45, 2.75) is 19.4 Å². The van der Waals surface area contributed by atoms with Crippen molar-refractivity contribution in [3.05, 3.63) is 65.5 Å². The molecule has 1 N–H and O–H groups in total. The highest BCUT2D eigenvalue weighted by Gasteiger charge is 2.19. The second-order valence-corrected chi connectivity index (χ2v) is 4.63. The lowest BCUT2D eigenvalue weighted by atomic mass is 9.97. The molecule has 0 radical (unpaired) electrons. The van der Waals surface area contributed by atoms with Crippen LogP contribution in [-0.4, -0.2) is 13.7 Å². The van der Waals surface area contributed by atoms with Crippen molar-refractivity contribution in [2.24, 2.45) is 0 Å². The highest BCUT2D eigenvalue weighted by atomic mass is 19.1. The Morgan fingerprint density at radius 1 is 1.05 bits per heavy atom. The van der Waals surface area contributed by atoms with E-state index in [0.717, 1.165) is 17.7 Å². The first-order chi connectivity index (χ1) is 9.77. The zero-order valence-corrected chi connectivity index (χ0v) is 11.9. The van der Waals surface area contributed by atoms with Gasteiger partial charge in [0.15, 0.2) is 0 Å². The lowest BCUT2D eigenvalue weighted by molar-refractivity contribution is 0.312. The number of benzene rings is 2. The Balaban J connectivity index is 2.39. The number of hydrogen-bond acceptors (Lipinski definition) is 2. The third-order valence-corrected chi connectivity index (χ3v) is 3.20. The summed E-state index contributed by atoms with van der Waals surface area (Å²) >= 11 is 0. The molecule has 0 aromatic heterocycles. The van der Waals surface area contributed by atoms with Crippen molar-refractivity contribution in [1.29, 1.82) is 0 Å². The van der Waals surface area contributed by atoms with Gasteiger partial charge in [0.1, 0.15) is 11.6 Å². The van der Waals surface area contributed by atoms with E-state index in [2.05, 4.69) is 12.2 Å². The monoisotopic (exact) mass is 273 g/mol. The minimum absolute atomic E-state index is 0.211. The molecule has 0 spiro atoms. The fraction of sp³-hybridized carbons (Fsp3) is 0.294. The predicted octanol–water partition coefficient (Wildman–Crippen LogP) is 3.92. The van der Waals surface area contributed by atoms with Crippen LogP contribution >= 0.6 is 0 Å². The van der Waals surface area contributed by atoms with E-state index in [-0.39, 0.29) is 11.9 Å². The Hall–Kier alpha value is -1.87. The highest BCUT2D eigenvalue weighted by molar-refractivity contribution is 5.42. The second-order valence-electron chi connectivity index (χ2n) is 4.63. The van der Waals surface area contributed by atoms with Gasteiger partial charge >= 0.3 is 0 Å². The number of ether oxygens (including phenoxy) is 1. The van der Waals surface area contributed by atoms with E-state index in [1.807, 2.05) is 37.4 Å². The quantitative estimate of drug-likeness (QED) is 0.861. The number of halogens is 1. The maximum absolute atomic E-state index is 14.0. The SMILES string of the molecule is CCCOc1ccccc1C(NC)c1ccccc1F. The van der Waals surface area contributed by atoms with Gasteiger partial charge in [-0.25, -0.2) is 4.39 Å². The van der Waals surface area contributed by atoms with Gasteiger partial charge in [0.2, 0.25) is 0 Å². The lowest BCUT2D eigenvalue weighted by Gasteiger charge is -2.21. The Morgan fingerprint density at radius 2 is 1.70 bits per heavy atom. The summed E-state index contributed by atoms with van der Waals surface area (Å²) in [6.45, 7) is 2.72. The first kappa shape index (κ1) is 14.5. The Labute approximate surface area is 119 Å². The number of nitrogens with one attached hydrogen (secondary N) is 1. The van der Waals surface area contributed by atoms with Gasteiger partial charge in [-0.1, -0.05) is 43.3 Å². The van der Waals surface area contributed by atoms with Crippen molar-refractivity contribution in [1.82, 2.24) is 5.32 Å². The Morgan fingerprint density at radius 3 is 2.35 bits per heavy atom. The highest BCUT2D eigenvalue weighted by Crippen LogP contribution is 2.31. The van der Waals surface area contributed by atoms with Crippen LogP contribution in [0.1, 0.15) is 30.5 Å². The van der Waals surface area contributed by atoms with Crippen LogP contribution in [0, 0.1) is 5.82 Å². The minimum atomic E-state index is -0.218. The van der Waals surface area contributed by atoms with E-state index in [9.17, 15) is 4.39 Å². The molecule has 0 amide bonds. The van der Waals surface area contributed by atoms with Crippen molar-refractivity contribution >= 4 is 0 Å². The molecular formula is C17H20FNO. The second kappa shape index (κ2) is 7.06. The van der Waals surface area contributed by atoms with Crippen molar-refractivity contribution in [3.63, 3.8) is 0 Å². The molecule has 20 heavy (non-hydrogen) atoms. The van der Waals surface area contributed by atoms with Crippen LogP contribution in [0.4, 0.5) is 4.39 Å². The van der Waals surface area contributed by atoms with Gasteiger partial charge in [0, 0.05) is 11.1 Å². The zero-order chi connectivity index (χ0) is 14.4. The van der Waals surface area contributed by atoms with E-state index >= 15 is 0 Å². The van der Waals surface area contributed by atoms with Crippen LogP contribution < -0.4 is 10.1 Å². The van der Waals surface area contributed by atoms with E-state index in [0.29, 0.717) is 12.2 Å². The van der Waals surface area contributed by atoms with Crippen molar-refractivity contribution < 1.29 is 9.13 Å². The Bertz CT molecular complexity index is 556. The number of para-hydroxylation sites is 1. The third kappa shape index (κ3) is 3.17. The lowest BCUT2D eigenvalue weighted by Crippen LogP contribution is -2.20. The smallest absolute Gasteiger partial charge is 0.128 e. The van der Waals surface area contributed by atoms with Gasteiger partial charge in [-0.2, -0.15) is 0 Å². The number of hydrogen-bond donors (Lipinski definition) is 1. The molecular weight excluding hydrogens is 253 g/mol. The fourth-order valence-corrected chi connectivity index (χ4v) is 2.25. The van der Waals surface area contributed by atoms with Crippen LogP contribution in [0.5, 0.6) is 5.75 Å². The van der Waals surface area contributed by atoms with Gasteiger partial charge in [-0.15, -0.1) is 0 Å². The Kier molecular flexibility index (Phi) is 5.13. The molecule has 0 heterocycles. The molecule has 2 rings (SSSR count). The van der Waals surface area contributed by atoms with Gasteiger partial charge in [0.25, 0.3) is 0 Å². The van der Waals surface area contributed by atoms with Gasteiger partial charge in [-0.05, 0) is 25.6 Å². The molecule has 2 aromatic carbocycles.